The second-order valence-electron chi connectivity index (χ2n) is 3.62. The fraction of sp³-hybridized carbons (Fsp3) is 0.333. The molecule has 0 atom stereocenters. The highest BCUT2D eigenvalue weighted by Gasteiger charge is 2.45. The normalized spacial score (nSPS) is 10.8. The van der Waals surface area contributed by atoms with Crippen LogP contribution in [0.2, 0.25) is 0 Å². The molecule has 5 heteroatoms. The van der Waals surface area contributed by atoms with E-state index in [9.17, 15) is 9.59 Å². The third kappa shape index (κ3) is 2.49. The molecule has 0 unspecified atom stereocenters. The Balaban J connectivity index is 3.28. The number of carbonyl (C=O) groups excluding carboxylic acids is 2. The summed E-state index contributed by atoms with van der Waals surface area (Å²) in [6.07, 6.45) is 0. The van der Waals surface area contributed by atoms with E-state index in [0.717, 1.165) is 4.47 Å². The van der Waals surface area contributed by atoms with Crippen LogP contribution >= 0.6 is 15.9 Å². The zero-order chi connectivity index (χ0) is 13.1. The first-order chi connectivity index (χ1) is 7.96. The Bertz CT molecular complexity index is 409. The first-order valence-corrected chi connectivity index (χ1v) is 5.69. The average Bonchev–Trinajstić information content (AvgIpc) is 2.36. The van der Waals surface area contributed by atoms with Gasteiger partial charge in [0.25, 0.3) is 0 Å². The van der Waals surface area contributed by atoms with Gasteiger partial charge in [-0.2, -0.15) is 0 Å². The lowest BCUT2D eigenvalue weighted by molar-refractivity contribution is -0.160. The van der Waals surface area contributed by atoms with Gasteiger partial charge in [-0.15, -0.1) is 0 Å². The van der Waals surface area contributed by atoms with Crippen molar-refractivity contribution in [1.29, 1.82) is 0 Å². The molecule has 1 aromatic carbocycles. The molecule has 0 amide bonds. The van der Waals surface area contributed by atoms with Crippen molar-refractivity contribution in [3.63, 3.8) is 0 Å². The van der Waals surface area contributed by atoms with E-state index in [4.69, 9.17) is 0 Å². The first kappa shape index (κ1) is 13.7. The van der Waals surface area contributed by atoms with E-state index in [1.807, 2.05) is 0 Å². The van der Waals surface area contributed by atoms with Crippen LogP contribution in [0.4, 0.5) is 0 Å². The summed E-state index contributed by atoms with van der Waals surface area (Å²) in [5, 5.41) is 0. The molecule has 0 aliphatic heterocycles. The molecule has 0 aliphatic carbocycles. The zero-order valence-electron chi connectivity index (χ0n) is 9.82. The van der Waals surface area contributed by atoms with Crippen LogP contribution in [0.25, 0.3) is 0 Å². The van der Waals surface area contributed by atoms with E-state index >= 15 is 0 Å². The van der Waals surface area contributed by atoms with Crippen molar-refractivity contribution in [2.45, 2.75) is 12.3 Å². The minimum Gasteiger partial charge on any atom is -0.468 e. The molecule has 0 fully saturated rings. The smallest absolute Gasteiger partial charge is 0.327 e. The molecule has 0 heterocycles. The molecule has 17 heavy (non-hydrogen) atoms. The van der Waals surface area contributed by atoms with Gasteiger partial charge in [-0.05, 0) is 24.6 Å². The van der Waals surface area contributed by atoms with Crippen LogP contribution in [0.1, 0.15) is 12.5 Å². The quantitative estimate of drug-likeness (QED) is 0.633. The van der Waals surface area contributed by atoms with Crippen LogP contribution in [0.15, 0.2) is 28.7 Å². The fourth-order valence-electron chi connectivity index (χ4n) is 1.51. The predicted octanol–water partition coefficient (Wildman–Crippen LogP) is 2.05. The van der Waals surface area contributed by atoms with Crippen molar-refractivity contribution in [2.24, 2.45) is 0 Å². The van der Waals surface area contributed by atoms with Crippen molar-refractivity contribution in [2.75, 3.05) is 14.2 Å². The molecular weight excluding hydrogens is 288 g/mol. The summed E-state index contributed by atoms with van der Waals surface area (Å²) >= 11 is 3.29. The number of ether oxygens (including phenoxy) is 2. The third-order valence-electron chi connectivity index (χ3n) is 2.61. The molecule has 0 radical (unpaired) electrons. The Morgan fingerprint density at radius 2 is 1.47 bits per heavy atom. The van der Waals surface area contributed by atoms with Crippen molar-refractivity contribution >= 4 is 27.9 Å². The third-order valence-corrected chi connectivity index (χ3v) is 3.14. The van der Waals surface area contributed by atoms with Gasteiger partial charge in [0.1, 0.15) is 0 Å². The molecule has 0 bridgehead atoms. The molecule has 0 N–H and O–H groups in total. The van der Waals surface area contributed by atoms with Crippen molar-refractivity contribution in [3.8, 4) is 0 Å². The van der Waals surface area contributed by atoms with Gasteiger partial charge >= 0.3 is 11.9 Å². The Morgan fingerprint density at radius 3 is 1.82 bits per heavy atom. The monoisotopic (exact) mass is 300 g/mol. The summed E-state index contributed by atoms with van der Waals surface area (Å²) in [6.45, 7) is 1.48. The van der Waals surface area contributed by atoms with Gasteiger partial charge < -0.3 is 9.47 Å². The van der Waals surface area contributed by atoms with Gasteiger partial charge in [0, 0.05) is 4.47 Å². The number of methoxy groups -OCH3 is 2. The molecule has 0 aromatic heterocycles. The lowest BCUT2D eigenvalue weighted by Gasteiger charge is -2.24. The van der Waals surface area contributed by atoms with Crippen LogP contribution in [0.5, 0.6) is 0 Å². The Labute approximate surface area is 108 Å². The second-order valence-corrected chi connectivity index (χ2v) is 4.53. The second kappa shape index (κ2) is 5.31. The number of hydrogen-bond acceptors (Lipinski definition) is 4. The number of carbonyl (C=O) groups is 2. The van der Waals surface area contributed by atoms with E-state index < -0.39 is 17.4 Å². The standard InChI is InChI=1S/C12H13BrO4/c1-12(10(14)16-2,11(15)17-3)8-4-6-9(13)7-5-8/h4-7H,1-3H3. The van der Waals surface area contributed by atoms with Crippen LogP contribution in [0.3, 0.4) is 0 Å². The van der Waals surface area contributed by atoms with E-state index in [1.54, 1.807) is 24.3 Å². The number of benzene rings is 1. The van der Waals surface area contributed by atoms with Gasteiger partial charge in [-0.25, -0.2) is 0 Å². The molecule has 0 spiro atoms. The molecule has 0 aliphatic rings. The van der Waals surface area contributed by atoms with Crippen LogP contribution in [-0.2, 0) is 24.5 Å². The SMILES string of the molecule is COC(=O)C(C)(C(=O)OC)c1ccc(Br)cc1. The fourth-order valence-corrected chi connectivity index (χ4v) is 1.77. The summed E-state index contributed by atoms with van der Waals surface area (Å²) in [5.41, 5.74) is -0.913. The highest BCUT2D eigenvalue weighted by Crippen LogP contribution is 2.28. The highest BCUT2D eigenvalue weighted by molar-refractivity contribution is 9.10. The maximum Gasteiger partial charge on any atom is 0.327 e. The summed E-state index contributed by atoms with van der Waals surface area (Å²) in [4.78, 5) is 23.6. The van der Waals surface area contributed by atoms with Crippen LogP contribution in [-0.4, -0.2) is 26.2 Å². The molecule has 4 nitrogen and oxygen atoms in total. The molecule has 1 aromatic rings. The topological polar surface area (TPSA) is 52.6 Å². The first-order valence-electron chi connectivity index (χ1n) is 4.89. The van der Waals surface area contributed by atoms with Gasteiger partial charge in [-0.1, -0.05) is 28.1 Å². The van der Waals surface area contributed by atoms with Gasteiger partial charge in [-0.3, -0.25) is 9.59 Å². The lowest BCUT2D eigenvalue weighted by Crippen LogP contribution is -2.42. The van der Waals surface area contributed by atoms with E-state index in [1.165, 1.54) is 21.1 Å². The van der Waals surface area contributed by atoms with Gasteiger partial charge in [0.05, 0.1) is 14.2 Å². The van der Waals surface area contributed by atoms with Crippen molar-refractivity contribution in [1.82, 2.24) is 0 Å². The molecular formula is C12H13BrO4. The van der Waals surface area contributed by atoms with E-state index in [-0.39, 0.29) is 0 Å². The Hall–Kier alpha value is -1.36. The molecule has 92 valence electrons. The number of rotatable bonds is 3. The Kier molecular flexibility index (Phi) is 4.28. The van der Waals surface area contributed by atoms with Crippen molar-refractivity contribution in [3.05, 3.63) is 34.3 Å². The minimum atomic E-state index is -1.44. The summed E-state index contributed by atoms with van der Waals surface area (Å²) in [5.74, 6) is -1.29. The predicted molar refractivity (Wildman–Crippen MR) is 65.5 cm³/mol. The number of hydrogen-bond donors (Lipinski definition) is 0. The van der Waals surface area contributed by atoms with E-state index in [0.29, 0.717) is 5.56 Å². The molecule has 0 saturated heterocycles. The maximum atomic E-state index is 11.8. The lowest BCUT2D eigenvalue weighted by atomic mass is 9.82. The van der Waals surface area contributed by atoms with Gasteiger partial charge in [0.15, 0.2) is 5.41 Å². The van der Waals surface area contributed by atoms with Crippen molar-refractivity contribution < 1.29 is 19.1 Å². The average molecular weight is 301 g/mol. The van der Waals surface area contributed by atoms with Crippen LogP contribution in [0, 0.1) is 0 Å². The summed E-state index contributed by atoms with van der Waals surface area (Å²) in [6, 6.07) is 6.86. The van der Waals surface area contributed by atoms with Crippen LogP contribution < -0.4 is 0 Å². The highest BCUT2D eigenvalue weighted by atomic mass is 79.9. The maximum absolute atomic E-state index is 11.8. The zero-order valence-corrected chi connectivity index (χ0v) is 11.4. The number of halogens is 1. The molecule has 1 rings (SSSR count). The van der Waals surface area contributed by atoms with Gasteiger partial charge in [0.2, 0.25) is 0 Å². The minimum absolute atomic E-state index is 0.527. The summed E-state index contributed by atoms with van der Waals surface area (Å²) in [7, 11) is 2.48. The summed E-state index contributed by atoms with van der Waals surface area (Å²) < 4.78 is 10.2. The number of esters is 2. The Morgan fingerprint density at radius 1 is 1.06 bits per heavy atom. The molecule has 0 saturated carbocycles. The van der Waals surface area contributed by atoms with E-state index in [2.05, 4.69) is 25.4 Å². The largest absolute Gasteiger partial charge is 0.468 e.